The molecule has 2 aromatic rings. The van der Waals surface area contributed by atoms with Crippen LogP contribution in [0.25, 0.3) is 5.52 Å². The number of rotatable bonds is 2. The quantitative estimate of drug-likeness (QED) is 0.842. The lowest BCUT2D eigenvalue weighted by Gasteiger charge is -2.10. The van der Waals surface area contributed by atoms with Gasteiger partial charge in [0.1, 0.15) is 0 Å². The van der Waals surface area contributed by atoms with Crippen molar-refractivity contribution in [2.24, 2.45) is 0 Å². The molecular formula is C14H16N2O. The lowest BCUT2D eigenvalue weighted by Crippen LogP contribution is -2.32. The zero-order chi connectivity index (χ0) is 11.7. The summed E-state index contributed by atoms with van der Waals surface area (Å²) in [5.41, 5.74) is 1.81. The standard InChI is InChI=1S/C14H16N2O/c17-14(15-12-5-1-2-6-12)11-9-13-7-3-4-8-16(13)10-11/h3-4,7-10,12H,1-2,5-6H2,(H,15,17). The summed E-state index contributed by atoms with van der Waals surface area (Å²) in [6.07, 6.45) is 8.57. The van der Waals surface area contributed by atoms with Crippen LogP contribution in [-0.4, -0.2) is 16.3 Å². The third kappa shape index (κ3) is 2.05. The second-order valence-electron chi connectivity index (χ2n) is 4.72. The molecule has 3 rings (SSSR count). The minimum Gasteiger partial charge on any atom is -0.349 e. The molecule has 1 fully saturated rings. The van der Waals surface area contributed by atoms with E-state index in [1.165, 1.54) is 12.8 Å². The van der Waals surface area contributed by atoms with Gasteiger partial charge in [0.15, 0.2) is 0 Å². The van der Waals surface area contributed by atoms with Crippen molar-refractivity contribution >= 4 is 11.4 Å². The highest BCUT2D eigenvalue weighted by Crippen LogP contribution is 2.18. The summed E-state index contributed by atoms with van der Waals surface area (Å²) in [6, 6.07) is 8.27. The number of nitrogens with one attached hydrogen (secondary N) is 1. The predicted octanol–water partition coefficient (Wildman–Crippen LogP) is 2.61. The van der Waals surface area contributed by atoms with Gasteiger partial charge in [-0.2, -0.15) is 0 Å². The Labute approximate surface area is 100 Å². The van der Waals surface area contributed by atoms with Crippen LogP contribution < -0.4 is 5.32 Å². The van der Waals surface area contributed by atoms with Gasteiger partial charge in [0, 0.05) is 24.0 Å². The molecule has 2 heterocycles. The van der Waals surface area contributed by atoms with Crippen molar-refractivity contribution in [3.8, 4) is 0 Å². The third-order valence-corrected chi connectivity index (χ3v) is 3.46. The molecule has 1 N–H and O–H groups in total. The minimum absolute atomic E-state index is 0.0561. The molecule has 0 aliphatic heterocycles. The highest BCUT2D eigenvalue weighted by atomic mass is 16.1. The van der Waals surface area contributed by atoms with Crippen LogP contribution in [0.15, 0.2) is 36.7 Å². The third-order valence-electron chi connectivity index (χ3n) is 3.46. The van der Waals surface area contributed by atoms with Crippen molar-refractivity contribution < 1.29 is 4.79 Å². The SMILES string of the molecule is O=C(NC1CCCC1)c1cc2ccccn2c1. The maximum absolute atomic E-state index is 12.0. The normalized spacial score (nSPS) is 16.5. The molecule has 1 aliphatic rings. The van der Waals surface area contributed by atoms with Crippen molar-refractivity contribution in [1.82, 2.24) is 9.72 Å². The Morgan fingerprint density at radius 3 is 2.88 bits per heavy atom. The monoisotopic (exact) mass is 228 g/mol. The van der Waals surface area contributed by atoms with Crippen LogP contribution >= 0.6 is 0 Å². The zero-order valence-electron chi connectivity index (χ0n) is 9.73. The Morgan fingerprint density at radius 1 is 1.29 bits per heavy atom. The lowest BCUT2D eigenvalue weighted by molar-refractivity contribution is 0.0938. The molecule has 88 valence electrons. The molecule has 1 saturated carbocycles. The molecule has 3 heteroatoms. The van der Waals surface area contributed by atoms with E-state index in [-0.39, 0.29) is 5.91 Å². The molecule has 0 saturated heterocycles. The zero-order valence-corrected chi connectivity index (χ0v) is 9.73. The van der Waals surface area contributed by atoms with Crippen molar-refractivity contribution in [3.63, 3.8) is 0 Å². The topological polar surface area (TPSA) is 33.5 Å². The van der Waals surface area contributed by atoms with Crippen molar-refractivity contribution in [1.29, 1.82) is 0 Å². The number of aromatic nitrogens is 1. The first-order valence-electron chi connectivity index (χ1n) is 6.20. The average molecular weight is 228 g/mol. The first kappa shape index (κ1) is 10.4. The van der Waals surface area contributed by atoms with Gasteiger partial charge in [0.2, 0.25) is 0 Å². The van der Waals surface area contributed by atoms with Gasteiger partial charge in [0.25, 0.3) is 5.91 Å². The van der Waals surface area contributed by atoms with Crippen molar-refractivity contribution in [2.75, 3.05) is 0 Å². The summed E-state index contributed by atoms with van der Waals surface area (Å²) < 4.78 is 1.98. The summed E-state index contributed by atoms with van der Waals surface area (Å²) in [6.45, 7) is 0. The van der Waals surface area contributed by atoms with Crippen LogP contribution in [0.3, 0.4) is 0 Å². The molecule has 3 nitrogen and oxygen atoms in total. The second kappa shape index (κ2) is 4.24. The minimum atomic E-state index is 0.0561. The Bertz CT molecular complexity index is 505. The fraction of sp³-hybridized carbons (Fsp3) is 0.357. The van der Waals surface area contributed by atoms with Gasteiger partial charge in [0.05, 0.1) is 5.56 Å². The number of amides is 1. The Hall–Kier alpha value is -1.77. The summed E-state index contributed by atoms with van der Waals surface area (Å²) in [7, 11) is 0. The first-order chi connectivity index (χ1) is 8.33. The predicted molar refractivity (Wildman–Crippen MR) is 67.1 cm³/mol. The molecule has 0 unspecified atom stereocenters. The molecule has 1 amide bonds. The fourth-order valence-electron chi connectivity index (χ4n) is 2.52. The van der Waals surface area contributed by atoms with Gasteiger partial charge >= 0.3 is 0 Å². The molecule has 0 radical (unpaired) electrons. The Kier molecular flexibility index (Phi) is 2.59. The number of pyridine rings is 1. The van der Waals surface area contributed by atoms with Crippen molar-refractivity contribution in [2.45, 2.75) is 31.7 Å². The number of fused-ring (bicyclic) bond motifs is 1. The number of carbonyl (C=O) groups is 1. The number of hydrogen-bond donors (Lipinski definition) is 1. The van der Waals surface area contributed by atoms with Gasteiger partial charge in [-0.15, -0.1) is 0 Å². The van der Waals surface area contributed by atoms with Gasteiger partial charge < -0.3 is 9.72 Å². The van der Waals surface area contributed by atoms with E-state index in [4.69, 9.17) is 0 Å². The van der Waals surface area contributed by atoms with Crippen molar-refractivity contribution in [3.05, 3.63) is 42.2 Å². The number of nitrogens with zero attached hydrogens (tertiary/aromatic N) is 1. The Balaban J connectivity index is 1.80. The van der Waals surface area contributed by atoms with Crippen LogP contribution in [-0.2, 0) is 0 Å². The molecule has 0 spiro atoms. The van der Waals surface area contributed by atoms with Crippen LogP contribution in [0, 0.1) is 0 Å². The van der Waals surface area contributed by atoms with Gasteiger partial charge in [-0.3, -0.25) is 4.79 Å². The lowest BCUT2D eigenvalue weighted by atomic mass is 10.2. The van der Waals surface area contributed by atoms with E-state index < -0.39 is 0 Å². The molecule has 0 atom stereocenters. The maximum atomic E-state index is 12.0. The fourth-order valence-corrected chi connectivity index (χ4v) is 2.52. The maximum Gasteiger partial charge on any atom is 0.253 e. The van der Waals surface area contributed by atoms with E-state index in [0.717, 1.165) is 23.9 Å². The summed E-state index contributed by atoms with van der Waals surface area (Å²) in [5, 5.41) is 3.10. The highest BCUT2D eigenvalue weighted by Gasteiger charge is 2.18. The molecule has 0 aromatic carbocycles. The molecule has 2 aromatic heterocycles. The van der Waals surface area contributed by atoms with Gasteiger partial charge in [-0.25, -0.2) is 0 Å². The summed E-state index contributed by atoms with van der Waals surface area (Å²) in [5.74, 6) is 0.0561. The first-order valence-corrected chi connectivity index (χ1v) is 6.20. The summed E-state index contributed by atoms with van der Waals surface area (Å²) in [4.78, 5) is 12.0. The molecule has 1 aliphatic carbocycles. The van der Waals surface area contributed by atoms with Crippen LogP contribution in [0.4, 0.5) is 0 Å². The van der Waals surface area contributed by atoms with Crippen LogP contribution in [0.2, 0.25) is 0 Å². The largest absolute Gasteiger partial charge is 0.349 e. The highest BCUT2D eigenvalue weighted by molar-refractivity contribution is 5.95. The smallest absolute Gasteiger partial charge is 0.253 e. The van der Waals surface area contributed by atoms with Gasteiger partial charge in [-0.05, 0) is 31.0 Å². The van der Waals surface area contributed by atoms with Crippen LogP contribution in [0.5, 0.6) is 0 Å². The second-order valence-corrected chi connectivity index (χ2v) is 4.72. The van der Waals surface area contributed by atoms with E-state index in [1.807, 2.05) is 41.1 Å². The van der Waals surface area contributed by atoms with Crippen LogP contribution in [0.1, 0.15) is 36.0 Å². The number of hydrogen-bond acceptors (Lipinski definition) is 1. The van der Waals surface area contributed by atoms with E-state index in [9.17, 15) is 4.79 Å². The molecule has 17 heavy (non-hydrogen) atoms. The Morgan fingerprint density at radius 2 is 2.12 bits per heavy atom. The number of carbonyl (C=O) groups excluding carboxylic acids is 1. The van der Waals surface area contributed by atoms with Gasteiger partial charge in [-0.1, -0.05) is 18.9 Å². The average Bonchev–Trinajstić information content (AvgIpc) is 2.96. The summed E-state index contributed by atoms with van der Waals surface area (Å²) >= 11 is 0. The van der Waals surface area contributed by atoms with E-state index in [2.05, 4.69) is 5.32 Å². The molecular weight excluding hydrogens is 212 g/mol. The molecule has 0 bridgehead atoms. The van der Waals surface area contributed by atoms with E-state index in [1.54, 1.807) is 0 Å². The van der Waals surface area contributed by atoms with E-state index >= 15 is 0 Å². The van der Waals surface area contributed by atoms with E-state index in [0.29, 0.717) is 6.04 Å².